The molecule has 1 heterocycles. The highest BCUT2D eigenvalue weighted by molar-refractivity contribution is 6.35. The van der Waals surface area contributed by atoms with Crippen molar-refractivity contribution in [1.29, 1.82) is 0 Å². The summed E-state index contributed by atoms with van der Waals surface area (Å²) >= 11 is 12.3. The highest BCUT2D eigenvalue weighted by atomic mass is 35.5. The maximum Gasteiger partial charge on any atom is 0.118 e. The maximum absolute atomic E-state index is 9.62. The predicted octanol–water partition coefficient (Wildman–Crippen LogP) is 4.35. The van der Waals surface area contributed by atoms with Crippen molar-refractivity contribution in [2.24, 2.45) is 0 Å². The van der Waals surface area contributed by atoms with E-state index in [1.54, 1.807) is 36.2 Å². The van der Waals surface area contributed by atoms with Crippen LogP contribution in [0, 0.1) is 0 Å². The quantitative estimate of drug-likeness (QED) is 0.762. The number of rotatable bonds is 4. The van der Waals surface area contributed by atoms with Crippen LogP contribution in [-0.2, 0) is 6.61 Å². The number of methoxy groups -OCH3 is 1. The number of aromatic nitrogens is 2. The normalized spacial score (nSPS) is 10.8. The van der Waals surface area contributed by atoms with E-state index in [0.717, 1.165) is 17.0 Å². The molecular formula is C17H14Cl2N2O2. The number of nitrogens with zero attached hydrogens (tertiary/aromatic N) is 2. The smallest absolute Gasteiger partial charge is 0.118 e. The molecule has 1 N–H and O–H groups in total. The van der Waals surface area contributed by atoms with Crippen molar-refractivity contribution in [2.45, 2.75) is 6.61 Å². The average Bonchev–Trinajstić information content (AvgIpc) is 2.98. The summed E-state index contributed by atoms with van der Waals surface area (Å²) in [4.78, 5) is 0. The molecule has 0 aliphatic heterocycles. The molecule has 0 fully saturated rings. The molecule has 0 aliphatic rings. The Kier molecular flexibility index (Phi) is 4.57. The van der Waals surface area contributed by atoms with Gasteiger partial charge in [0.05, 0.1) is 36.3 Å². The topological polar surface area (TPSA) is 47.3 Å². The van der Waals surface area contributed by atoms with Crippen LogP contribution in [0.4, 0.5) is 0 Å². The lowest BCUT2D eigenvalue weighted by Crippen LogP contribution is -2.01. The lowest BCUT2D eigenvalue weighted by atomic mass is 10.1. The summed E-state index contributed by atoms with van der Waals surface area (Å²) in [7, 11) is 1.62. The van der Waals surface area contributed by atoms with Crippen LogP contribution in [0.5, 0.6) is 5.75 Å². The van der Waals surface area contributed by atoms with Gasteiger partial charge in [0.25, 0.3) is 0 Å². The highest BCUT2D eigenvalue weighted by Gasteiger charge is 2.16. The third kappa shape index (κ3) is 3.06. The van der Waals surface area contributed by atoms with E-state index in [2.05, 4.69) is 5.10 Å². The fraction of sp³-hybridized carbons (Fsp3) is 0.118. The lowest BCUT2D eigenvalue weighted by Gasteiger charge is -2.12. The standard InChI is InChI=1S/C17H14Cl2N2O2/c1-23-14-5-2-11(3-6-14)17-12(10-22)9-20-21(17)16-7-4-13(18)8-15(16)19/h2-9,22H,10H2,1H3. The van der Waals surface area contributed by atoms with Crippen LogP contribution in [0.2, 0.25) is 10.0 Å². The summed E-state index contributed by atoms with van der Waals surface area (Å²) in [6.45, 7) is -0.118. The molecule has 4 nitrogen and oxygen atoms in total. The monoisotopic (exact) mass is 348 g/mol. The van der Waals surface area contributed by atoms with E-state index in [0.29, 0.717) is 21.3 Å². The van der Waals surface area contributed by atoms with Gasteiger partial charge in [0.2, 0.25) is 0 Å². The molecule has 0 spiro atoms. The first-order chi connectivity index (χ1) is 11.1. The van der Waals surface area contributed by atoms with E-state index in [1.165, 1.54) is 0 Å². The van der Waals surface area contributed by atoms with E-state index in [9.17, 15) is 5.11 Å². The minimum absolute atomic E-state index is 0.118. The van der Waals surface area contributed by atoms with E-state index in [-0.39, 0.29) is 6.61 Å². The van der Waals surface area contributed by atoms with Crippen molar-refractivity contribution in [3.8, 4) is 22.7 Å². The molecule has 118 valence electrons. The molecule has 0 atom stereocenters. The largest absolute Gasteiger partial charge is 0.497 e. The summed E-state index contributed by atoms with van der Waals surface area (Å²) < 4.78 is 6.88. The first-order valence-electron chi connectivity index (χ1n) is 6.91. The lowest BCUT2D eigenvalue weighted by molar-refractivity contribution is 0.282. The average molecular weight is 349 g/mol. The Labute approximate surface area is 143 Å². The summed E-state index contributed by atoms with van der Waals surface area (Å²) in [6, 6.07) is 12.8. The Balaban J connectivity index is 2.17. The van der Waals surface area contributed by atoms with Crippen LogP contribution in [0.25, 0.3) is 16.9 Å². The first-order valence-corrected chi connectivity index (χ1v) is 7.67. The summed E-state index contributed by atoms with van der Waals surface area (Å²) in [5.41, 5.74) is 3.08. The van der Waals surface area contributed by atoms with Crippen LogP contribution < -0.4 is 4.74 Å². The number of benzene rings is 2. The van der Waals surface area contributed by atoms with E-state index >= 15 is 0 Å². The molecular weight excluding hydrogens is 335 g/mol. The molecule has 3 aromatic rings. The zero-order valence-corrected chi connectivity index (χ0v) is 13.8. The number of halogens is 2. The van der Waals surface area contributed by atoms with Crippen LogP contribution in [0.3, 0.4) is 0 Å². The van der Waals surface area contributed by atoms with Gasteiger partial charge in [0.1, 0.15) is 5.75 Å². The second-order valence-electron chi connectivity index (χ2n) is 4.91. The molecule has 2 aromatic carbocycles. The SMILES string of the molecule is COc1ccc(-c2c(CO)cnn2-c2ccc(Cl)cc2Cl)cc1. The molecule has 0 radical (unpaired) electrons. The summed E-state index contributed by atoms with van der Waals surface area (Å²) in [6.07, 6.45) is 1.63. The first kappa shape index (κ1) is 15.9. The van der Waals surface area contributed by atoms with Crippen molar-refractivity contribution in [2.75, 3.05) is 7.11 Å². The number of aliphatic hydroxyl groups is 1. The number of aliphatic hydroxyl groups excluding tert-OH is 1. The number of hydrogen-bond acceptors (Lipinski definition) is 3. The molecule has 0 saturated carbocycles. The highest BCUT2D eigenvalue weighted by Crippen LogP contribution is 2.32. The van der Waals surface area contributed by atoms with Crippen molar-refractivity contribution in [3.05, 3.63) is 64.3 Å². The van der Waals surface area contributed by atoms with Crippen LogP contribution in [0.15, 0.2) is 48.7 Å². The molecule has 0 bridgehead atoms. The Bertz CT molecular complexity index is 829. The van der Waals surface area contributed by atoms with Gasteiger partial charge < -0.3 is 9.84 Å². The van der Waals surface area contributed by atoms with Gasteiger partial charge in [0, 0.05) is 16.1 Å². The van der Waals surface area contributed by atoms with Gasteiger partial charge in [-0.05, 0) is 42.5 Å². The predicted molar refractivity (Wildman–Crippen MR) is 91.5 cm³/mol. The van der Waals surface area contributed by atoms with Crippen molar-refractivity contribution >= 4 is 23.2 Å². The van der Waals surface area contributed by atoms with Crippen LogP contribution in [0.1, 0.15) is 5.56 Å². The van der Waals surface area contributed by atoms with Gasteiger partial charge in [0.15, 0.2) is 0 Å². The van der Waals surface area contributed by atoms with Gasteiger partial charge in [-0.25, -0.2) is 4.68 Å². The van der Waals surface area contributed by atoms with Gasteiger partial charge >= 0.3 is 0 Å². The van der Waals surface area contributed by atoms with E-state index < -0.39 is 0 Å². The van der Waals surface area contributed by atoms with Gasteiger partial charge in [-0.3, -0.25) is 0 Å². The third-order valence-electron chi connectivity index (χ3n) is 3.52. The van der Waals surface area contributed by atoms with E-state index in [1.807, 2.05) is 24.3 Å². The molecule has 1 aromatic heterocycles. The minimum Gasteiger partial charge on any atom is -0.497 e. The Morgan fingerprint density at radius 2 is 1.87 bits per heavy atom. The Morgan fingerprint density at radius 3 is 2.48 bits per heavy atom. The zero-order chi connectivity index (χ0) is 16.4. The molecule has 0 amide bonds. The summed E-state index contributed by atoms with van der Waals surface area (Å²) in [5, 5.41) is 15.0. The summed E-state index contributed by atoms with van der Waals surface area (Å²) in [5.74, 6) is 0.759. The molecule has 0 aliphatic carbocycles. The fourth-order valence-electron chi connectivity index (χ4n) is 2.39. The molecule has 3 rings (SSSR count). The minimum atomic E-state index is -0.118. The van der Waals surface area contributed by atoms with Crippen molar-refractivity contribution in [1.82, 2.24) is 9.78 Å². The second kappa shape index (κ2) is 6.62. The van der Waals surface area contributed by atoms with Gasteiger partial charge in [-0.15, -0.1) is 0 Å². The molecule has 0 saturated heterocycles. The second-order valence-corrected chi connectivity index (χ2v) is 5.76. The van der Waals surface area contributed by atoms with Crippen LogP contribution >= 0.6 is 23.2 Å². The van der Waals surface area contributed by atoms with Gasteiger partial charge in [-0.1, -0.05) is 23.2 Å². The Hall–Kier alpha value is -2.01. The Morgan fingerprint density at radius 1 is 1.13 bits per heavy atom. The van der Waals surface area contributed by atoms with E-state index in [4.69, 9.17) is 27.9 Å². The number of ether oxygens (including phenoxy) is 1. The fourth-order valence-corrected chi connectivity index (χ4v) is 2.88. The molecule has 0 unspecified atom stereocenters. The number of hydrogen-bond donors (Lipinski definition) is 1. The maximum atomic E-state index is 9.62. The van der Waals surface area contributed by atoms with Crippen LogP contribution in [-0.4, -0.2) is 22.0 Å². The van der Waals surface area contributed by atoms with Crippen molar-refractivity contribution < 1.29 is 9.84 Å². The third-order valence-corrected chi connectivity index (χ3v) is 4.05. The molecule has 23 heavy (non-hydrogen) atoms. The zero-order valence-electron chi connectivity index (χ0n) is 12.3. The molecule has 6 heteroatoms. The van der Waals surface area contributed by atoms with Crippen molar-refractivity contribution in [3.63, 3.8) is 0 Å². The van der Waals surface area contributed by atoms with Gasteiger partial charge in [-0.2, -0.15) is 5.10 Å².